The summed E-state index contributed by atoms with van der Waals surface area (Å²) in [5.41, 5.74) is 4.65. The third-order valence-corrected chi connectivity index (χ3v) is 7.01. The van der Waals surface area contributed by atoms with Gasteiger partial charge >= 0.3 is 12.1 Å². The van der Waals surface area contributed by atoms with Crippen LogP contribution in [0.3, 0.4) is 0 Å². The van der Waals surface area contributed by atoms with Crippen molar-refractivity contribution >= 4 is 18.0 Å². The molecule has 1 fully saturated rings. The predicted molar refractivity (Wildman–Crippen MR) is 132 cm³/mol. The van der Waals surface area contributed by atoms with Gasteiger partial charge in [-0.1, -0.05) is 55.0 Å². The molecule has 35 heavy (non-hydrogen) atoms. The second kappa shape index (κ2) is 10.9. The first-order chi connectivity index (χ1) is 16.8. The standard InChI is InChI=1S/C27H33N3O5/c1-30(2)15-24(26(32)33)29-25(31)18-13-7-8-17(18)14-28-27(34)35-16-23-21-11-5-3-9-19(21)20-10-4-6-12-22(20)23/h3-6,9-12,17-18,23-24H,7-8,13-16H2,1-2H3,(H,28,34)(H,29,31)(H,32,33)/t17?,18?,24-/m0/s1. The molecule has 8 heteroatoms. The Kier molecular flexibility index (Phi) is 7.70. The van der Waals surface area contributed by atoms with Gasteiger partial charge in [0, 0.05) is 24.9 Å². The quantitative estimate of drug-likeness (QED) is 0.510. The molecule has 0 spiro atoms. The Bertz CT molecular complexity index is 1040. The van der Waals surface area contributed by atoms with Crippen molar-refractivity contribution in [2.45, 2.75) is 31.2 Å². The average molecular weight is 480 g/mol. The molecule has 0 radical (unpaired) electrons. The van der Waals surface area contributed by atoms with Gasteiger partial charge in [-0.05, 0) is 55.1 Å². The summed E-state index contributed by atoms with van der Waals surface area (Å²) in [6, 6.07) is 15.4. The number of fused-ring (bicyclic) bond motifs is 3. The highest BCUT2D eigenvalue weighted by Crippen LogP contribution is 2.44. The van der Waals surface area contributed by atoms with Crippen molar-refractivity contribution in [1.82, 2.24) is 15.5 Å². The molecule has 0 aliphatic heterocycles. The summed E-state index contributed by atoms with van der Waals surface area (Å²) in [4.78, 5) is 38.5. The smallest absolute Gasteiger partial charge is 0.407 e. The van der Waals surface area contributed by atoms with Crippen LogP contribution in [0.5, 0.6) is 0 Å². The zero-order chi connectivity index (χ0) is 24.9. The van der Waals surface area contributed by atoms with E-state index in [2.05, 4.69) is 34.9 Å². The Morgan fingerprint density at radius 2 is 1.66 bits per heavy atom. The van der Waals surface area contributed by atoms with Crippen LogP contribution < -0.4 is 10.6 Å². The second-order valence-electron chi connectivity index (χ2n) is 9.67. The van der Waals surface area contributed by atoms with E-state index in [1.54, 1.807) is 19.0 Å². The van der Waals surface area contributed by atoms with Gasteiger partial charge in [-0.15, -0.1) is 0 Å². The first-order valence-corrected chi connectivity index (χ1v) is 12.1. The van der Waals surface area contributed by atoms with E-state index in [0.29, 0.717) is 13.0 Å². The molecular formula is C27H33N3O5. The molecule has 0 heterocycles. The molecule has 0 bridgehead atoms. The molecule has 186 valence electrons. The van der Waals surface area contributed by atoms with Crippen molar-refractivity contribution in [3.8, 4) is 11.1 Å². The minimum absolute atomic E-state index is 0.0113. The number of hydrogen-bond donors (Lipinski definition) is 3. The number of hydrogen-bond acceptors (Lipinski definition) is 5. The van der Waals surface area contributed by atoms with E-state index in [0.717, 1.165) is 24.0 Å². The maximum Gasteiger partial charge on any atom is 0.407 e. The molecule has 2 aromatic carbocycles. The summed E-state index contributed by atoms with van der Waals surface area (Å²) in [6.07, 6.45) is 1.83. The maximum atomic E-state index is 12.8. The van der Waals surface area contributed by atoms with Gasteiger partial charge < -0.3 is 25.4 Å². The van der Waals surface area contributed by atoms with Crippen LogP contribution >= 0.6 is 0 Å². The van der Waals surface area contributed by atoms with Gasteiger partial charge in [-0.25, -0.2) is 9.59 Å². The molecule has 8 nitrogen and oxygen atoms in total. The van der Waals surface area contributed by atoms with Crippen LogP contribution in [0, 0.1) is 11.8 Å². The lowest BCUT2D eigenvalue weighted by atomic mass is 9.94. The average Bonchev–Trinajstić information content (AvgIpc) is 3.43. The summed E-state index contributed by atoms with van der Waals surface area (Å²) in [7, 11) is 3.53. The van der Waals surface area contributed by atoms with E-state index >= 15 is 0 Å². The Hall–Kier alpha value is -3.39. The van der Waals surface area contributed by atoms with Gasteiger partial charge in [0.15, 0.2) is 0 Å². The summed E-state index contributed by atoms with van der Waals surface area (Å²) in [5.74, 6) is -1.71. The van der Waals surface area contributed by atoms with Gasteiger partial charge in [-0.2, -0.15) is 0 Å². The first-order valence-electron chi connectivity index (χ1n) is 12.1. The van der Waals surface area contributed by atoms with Crippen molar-refractivity contribution in [1.29, 1.82) is 0 Å². The van der Waals surface area contributed by atoms with Crippen LogP contribution in [-0.2, 0) is 14.3 Å². The van der Waals surface area contributed by atoms with Gasteiger partial charge in [-0.3, -0.25) is 4.79 Å². The minimum Gasteiger partial charge on any atom is -0.480 e. The maximum absolute atomic E-state index is 12.8. The molecular weight excluding hydrogens is 446 g/mol. The van der Waals surface area contributed by atoms with E-state index in [1.807, 2.05) is 24.3 Å². The molecule has 2 aromatic rings. The van der Waals surface area contributed by atoms with Crippen molar-refractivity contribution in [2.24, 2.45) is 11.8 Å². The summed E-state index contributed by atoms with van der Waals surface area (Å²) in [5, 5.41) is 14.9. The molecule has 2 aliphatic carbocycles. The van der Waals surface area contributed by atoms with Crippen LogP contribution in [0.4, 0.5) is 4.79 Å². The fourth-order valence-electron chi connectivity index (χ4n) is 5.32. The fourth-order valence-corrected chi connectivity index (χ4v) is 5.32. The summed E-state index contributed by atoms with van der Waals surface area (Å²) < 4.78 is 5.60. The molecule has 2 unspecified atom stereocenters. The van der Waals surface area contributed by atoms with Crippen LogP contribution in [-0.4, -0.2) is 67.8 Å². The normalized spacial score (nSPS) is 19.6. The number of carbonyl (C=O) groups is 3. The number of carboxylic acids is 1. The third-order valence-electron chi connectivity index (χ3n) is 7.01. The lowest BCUT2D eigenvalue weighted by molar-refractivity contribution is -0.143. The Labute approximate surface area is 205 Å². The first kappa shape index (κ1) is 24.7. The van der Waals surface area contributed by atoms with Crippen LogP contribution in [0.2, 0.25) is 0 Å². The number of carboxylic acid groups (broad SMARTS) is 1. The Morgan fingerprint density at radius 3 is 2.26 bits per heavy atom. The molecule has 2 aliphatic rings. The van der Waals surface area contributed by atoms with Crippen LogP contribution in [0.15, 0.2) is 48.5 Å². The number of nitrogens with one attached hydrogen (secondary N) is 2. The largest absolute Gasteiger partial charge is 0.480 e. The number of amides is 2. The number of aliphatic carboxylic acids is 1. The van der Waals surface area contributed by atoms with E-state index in [-0.39, 0.29) is 36.8 Å². The number of carbonyl (C=O) groups excluding carboxylic acids is 2. The third kappa shape index (κ3) is 5.65. The van der Waals surface area contributed by atoms with Crippen molar-refractivity contribution in [3.05, 3.63) is 59.7 Å². The highest BCUT2D eigenvalue weighted by Gasteiger charge is 2.35. The van der Waals surface area contributed by atoms with E-state index < -0.39 is 18.1 Å². The number of likely N-dealkylation sites (N-methyl/N-ethyl adjacent to an activating group) is 1. The zero-order valence-electron chi connectivity index (χ0n) is 20.2. The van der Waals surface area contributed by atoms with E-state index in [1.165, 1.54) is 11.1 Å². The lowest BCUT2D eigenvalue weighted by Gasteiger charge is -2.24. The van der Waals surface area contributed by atoms with Crippen LogP contribution in [0.1, 0.15) is 36.3 Å². The van der Waals surface area contributed by atoms with Gasteiger partial charge in [0.1, 0.15) is 12.6 Å². The molecule has 3 N–H and O–H groups in total. The number of ether oxygens (including phenoxy) is 1. The second-order valence-corrected chi connectivity index (χ2v) is 9.67. The molecule has 1 saturated carbocycles. The SMILES string of the molecule is CN(C)C[C@H](NC(=O)C1CCCC1CNC(=O)OCC1c2ccccc2-c2ccccc21)C(=O)O. The van der Waals surface area contributed by atoms with Crippen LogP contribution in [0.25, 0.3) is 11.1 Å². The Balaban J connectivity index is 1.30. The molecule has 4 rings (SSSR count). The van der Waals surface area contributed by atoms with Crippen molar-refractivity contribution in [3.63, 3.8) is 0 Å². The topological polar surface area (TPSA) is 108 Å². The van der Waals surface area contributed by atoms with E-state index in [4.69, 9.17) is 4.74 Å². The molecule has 0 aromatic heterocycles. The molecule has 0 saturated heterocycles. The molecule has 3 atom stereocenters. The number of alkyl carbamates (subject to hydrolysis) is 1. The van der Waals surface area contributed by atoms with E-state index in [9.17, 15) is 19.5 Å². The van der Waals surface area contributed by atoms with Gasteiger partial charge in [0.2, 0.25) is 5.91 Å². The molecule has 2 amide bonds. The fraction of sp³-hybridized carbons (Fsp3) is 0.444. The number of nitrogens with zero attached hydrogens (tertiary/aromatic N) is 1. The Morgan fingerprint density at radius 1 is 1.03 bits per heavy atom. The monoisotopic (exact) mass is 479 g/mol. The van der Waals surface area contributed by atoms with Crippen molar-refractivity contribution < 1.29 is 24.2 Å². The minimum atomic E-state index is -1.06. The highest BCUT2D eigenvalue weighted by molar-refractivity contribution is 5.85. The highest BCUT2D eigenvalue weighted by atomic mass is 16.5. The van der Waals surface area contributed by atoms with Crippen molar-refractivity contribution in [2.75, 3.05) is 33.8 Å². The van der Waals surface area contributed by atoms with Gasteiger partial charge in [0.05, 0.1) is 0 Å². The summed E-state index contributed by atoms with van der Waals surface area (Å²) in [6.45, 7) is 0.774. The summed E-state index contributed by atoms with van der Waals surface area (Å²) >= 11 is 0. The lowest BCUT2D eigenvalue weighted by Crippen LogP contribution is -2.49. The number of benzene rings is 2. The van der Waals surface area contributed by atoms with Gasteiger partial charge in [0.25, 0.3) is 0 Å². The zero-order valence-corrected chi connectivity index (χ0v) is 20.2. The predicted octanol–water partition coefficient (Wildman–Crippen LogP) is 3.07. The number of rotatable bonds is 9.